The molecule has 2 N–H and O–H groups in total. The third kappa shape index (κ3) is 2.79. The highest BCUT2D eigenvalue weighted by atomic mass is 32.1. The second-order valence-corrected chi connectivity index (χ2v) is 4.93. The summed E-state index contributed by atoms with van der Waals surface area (Å²) in [5, 5.41) is 8.49. The first-order chi connectivity index (χ1) is 7.25. The molecule has 0 spiro atoms. The summed E-state index contributed by atoms with van der Waals surface area (Å²) in [6, 6.07) is 4.90. The fourth-order valence-electron chi connectivity index (χ4n) is 1.79. The van der Waals surface area contributed by atoms with Crippen LogP contribution in [0.5, 0.6) is 0 Å². The maximum Gasteiger partial charge on any atom is 0.220 e. The van der Waals surface area contributed by atoms with Gasteiger partial charge in [-0.1, -0.05) is 6.07 Å². The van der Waals surface area contributed by atoms with Gasteiger partial charge in [-0.05, 0) is 24.8 Å². The Morgan fingerprint density at radius 1 is 1.73 bits per heavy atom. The van der Waals surface area contributed by atoms with Crippen molar-refractivity contribution in [2.75, 3.05) is 6.54 Å². The van der Waals surface area contributed by atoms with Crippen LogP contribution in [0, 0.1) is 0 Å². The van der Waals surface area contributed by atoms with Crippen molar-refractivity contribution < 1.29 is 4.79 Å². The lowest BCUT2D eigenvalue weighted by atomic mass is 10.2. The number of hydrogen-bond donors (Lipinski definition) is 2. The lowest BCUT2D eigenvalue weighted by Crippen LogP contribution is -2.36. The first kappa shape index (κ1) is 10.6. The Morgan fingerprint density at radius 2 is 2.60 bits per heavy atom. The largest absolute Gasteiger partial charge is 0.352 e. The molecule has 1 saturated heterocycles. The maximum absolute atomic E-state index is 11.0. The molecule has 1 aromatic rings. The smallest absolute Gasteiger partial charge is 0.220 e. The van der Waals surface area contributed by atoms with Crippen LogP contribution >= 0.6 is 11.3 Å². The minimum atomic E-state index is 0.186. The molecule has 1 aliphatic heterocycles. The number of nitrogens with one attached hydrogen (secondary N) is 2. The van der Waals surface area contributed by atoms with Crippen molar-refractivity contribution in [3.05, 3.63) is 22.4 Å². The van der Waals surface area contributed by atoms with E-state index >= 15 is 0 Å². The van der Waals surface area contributed by atoms with Crippen molar-refractivity contribution in [2.45, 2.75) is 31.8 Å². The Bertz CT molecular complexity index is 323. The zero-order valence-electron chi connectivity index (χ0n) is 8.82. The molecule has 1 unspecified atom stereocenters. The standard InChI is InChI=1S/C11H16N2OS/c1-8(10-3-2-6-15-10)12-7-9-4-5-11(14)13-9/h2-3,6,8-9,12H,4-5,7H2,1H3,(H,13,14)/t8-,9?/m1/s1. The Hall–Kier alpha value is -0.870. The quantitative estimate of drug-likeness (QED) is 0.817. The van der Waals surface area contributed by atoms with Crippen LogP contribution in [0.4, 0.5) is 0 Å². The molecule has 0 aromatic carbocycles. The molecule has 82 valence electrons. The molecule has 1 amide bonds. The van der Waals surface area contributed by atoms with E-state index in [1.807, 2.05) is 0 Å². The second-order valence-electron chi connectivity index (χ2n) is 3.95. The van der Waals surface area contributed by atoms with Gasteiger partial charge in [0.1, 0.15) is 0 Å². The number of carbonyl (C=O) groups is 1. The van der Waals surface area contributed by atoms with Crippen molar-refractivity contribution in [3.63, 3.8) is 0 Å². The highest BCUT2D eigenvalue weighted by molar-refractivity contribution is 7.10. The van der Waals surface area contributed by atoms with Crippen LogP contribution in [0.2, 0.25) is 0 Å². The Balaban J connectivity index is 1.76. The lowest BCUT2D eigenvalue weighted by Gasteiger charge is -2.16. The summed E-state index contributed by atoms with van der Waals surface area (Å²) < 4.78 is 0. The van der Waals surface area contributed by atoms with Crippen molar-refractivity contribution in [1.29, 1.82) is 0 Å². The molecule has 2 heterocycles. The number of rotatable bonds is 4. The highest BCUT2D eigenvalue weighted by Gasteiger charge is 2.20. The first-order valence-electron chi connectivity index (χ1n) is 5.32. The number of carbonyl (C=O) groups excluding carboxylic acids is 1. The average Bonchev–Trinajstić information content (AvgIpc) is 2.84. The van der Waals surface area contributed by atoms with E-state index < -0.39 is 0 Å². The molecule has 1 aliphatic rings. The first-order valence-corrected chi connectivity index (χ1v) is 6.20. The Labute approximate surface area is 93.9 Å². The van der Waals surface area contributed by atoms with Gasteiger partial charge in [0, 0.05) is 29.9 Å². The molecule has 1 aromatic heterocycles. The summed E-state index contributed by atoms with van der Waals surface area (Å²) in [7, 11) is 0. The molecule has 2 rings (SSSR count). The highest BCUT2D eigenvalue weighted by Crippen LogP contribution is 2.18. The van der Waals surface area contributed by atoms with Gasteiger partial charge in [-0.2, -0.15) is 0 Å². The molecular weight excluding hydrogens is 208 g/mol. The van der Waals surface area contributed by atoms with Gasteiger partial charge in [-0.3, -0.25) is 4.79 Å². The molecule has 3 nitrogen and oxygen atoms in total. The van der Waals surface area contributed by atoms with E-state index in [0.717, 1.165) is 13.0 Å². The molecule has 0 radical (unpaired) electrons. The van der Waals surface area contributed by atoms with E-state index in [-0.39, 0.29) is 5.91 Å². The van der Waals surface area contributed by atoms with Gasteiger partial charge in [0.15, 0.2) is 0 Å². The zero-order valence-corrected chi connectivity index (χ0v) is 9.64. The summed E-state index contributed by atoms with van der Waals surface area (Å²) in [5.41, 5.74) is 0. The third-order valence-corrected chi connectivity index (χ3v) is 3.78. The molecule has 1 fully saturated rings. The van der Waals surface area contributed by atoms with Crippen LogP contribution in [-0.2, 0) is 4.79 Å². The van der Waals surface area contributed by atoms with Crippen LogP contribution in [-0.4, -0.2) is 18.5 Å². The molecule has 0 saturated carbocycles. The molecule has 0 aliphatic carbocycles. The van der Waals surface area contributed by atoms with Crippen molar-refractivity contribution >= 4 is 17.2 Å². The molecular formula is C11H16N2OS. The van der Waals surface area contributed by atoms with Crippen molar-refractivity contribution in [1.82, 2.24) is 10.6 Å². The second kappa shape index (κ2) is 4.77. The van der Waals surface area contributed by atoms with Crippen LogP contribution in [0.25, 0.3) is 0 Å². The average molecular weight is 224 g/mol. The van der Waals surface area contributed by atoms with Crippen LogP contribution in [0.1, 0.15) is 30.7 Å². The van der Waals surface area contributed by atoms with Gasteiger partial charge < -0.3 is 10.6 Å². The van der Waals surface area contributed by atoms with Crippen molar-refractivity contribution in [2.24, 2.45) is 0 Å². The van der Waals surface area contributed by atoms with Crippen LogP contribution in [0.3, 0.4) is 0 Å². The number of amides is 1. The molecule has 0 bridgehead atoms. The van der Waals surface area contributed by atoms with E-state index in [4.69, 9.17) is 0 Å². The summed E-state index contributed by atoms with van der Waals surface area (Å²) in [4.78, 5) is 12.3. The van der Waals surface area contributed by atoms with E-state index in [1.165, 1.54) is 4.88 Å². The maximum atomic E-state index is 11.0. The Kier molecular flexibility index (Phi) is 3.38. The monoisotopic (exact) mass is 224 g/mol. The van der Waals surface area contributed by atoms with Gasteiger partial charge in [-0.25, -0.2) is 0 Å². The molecule has 2 atom stereocenters. The van der Waals surface area contributed by atoms with Gasteiger partial charge in [-0.15, -0.1) is 11.3 Å². The zero-order chi connectivity index (χ0) is 10.7. The molecule has 15 heavy (non-hydrogen) atoms. The van der Waals surface area contributed by atoms with Crippen LogP contribution < -0.4 is 10.6 Å². The normalized spacial score (nSPS) is 22.7. The summed E-state index contributed by atoms with van der Waals surface area (Å²) >= 11 is 1.76. The topological polar surface area (TPSA) is 41.1 Å². The summed E-state index contributed by atoms with van der Waals surface area (Å²) in [5.74, 6) is 0.186. The van der Waals surface area contributed by atoms with Gasteiger partial charge in [0.2, 0.25) is 5.91 Å². The predicted molar refractivity (Wildman–Crippen MR) is 61.9 cm³/mol. The minimum absolute atomic E-state index is 0.186. The van der Waals surface area contributed by atoms with Gasteiger partial charge in [0.25, 0.3) is 0 Å². The van der Waals surface area contributed by atoms with Crippen molar-refractivity contribution in [3.8, 4) is 0 Å². The van der Waals surface area contributed by atoms with Gasteiger partial charge >= 0.3 is 0 Å². The lowest BCUT2D eigenvalue weighted by molar-refractivity contribution is -0.119. The summed E-state index contributed by atoms with van der Waals surface area (Å²) in [6.07, 6.45) is 1.64. The SMILES string of the molecule is C[C@@H](NCC1CCC(=O)N1)c1cccs1. The fourth-order valence-corrected chi connectivity index (χ4v) is 2.55. The molecule has 4 heteroatoms. The van der Waals surface area contributed by atoms with E-state index in [2.05, 4.69) is 35.1 Å². The fraction of sp³-hybridized carbons (Fsp3) is 0.545. The van der Waals surface area contributed by atoms with E-state index in [0.29, 0.717) is 18.5 Å². The number of thiophene rings is 1. The van der Waals surface area contributed by atoms with E-state index in [1.54, 1.807) is 11.3 Å². The predicted octanol–water partition coefficient (Wildman–Crippen LogP) is 1.68. The summed E-state index contributed by atoms with van der Waals surface area (Å²) in [6.45, 7) is 3.02. The number of hydrogen-bond acceptors (Lipinski definition) is 3. The Morgan fingerprint density at radius 3 is 3.20 bits per heavy atom. The van der Waals surface area contributed by atoms with E-state index in [9.17, 15) is 4.79 Å². The van der Waals surface area contributed by atoms with Gasteiger partial charge in [0.05, 0.1) is 0 Å². The minimum Gasteiger partial charge on any atom is -0.352 e. The third-order valence-electron chi connectivity index (χ3n) is 2.73. The van der Waals surface area contributed by atoms with Crippen LogP contribution in [0.15, 0.2) is 17.5 Å².